The van der Waals surface area contributed by atoms with Crippen molar-refractivity contribution in [3.8, 4) is 0 Å². The first-order chi connectivity index (χ1) is 10.1. The van der Waals surface area contributed by atoms with Crippen LogP contribution in [0.4, 0.5) is 0 Å². The largest absolute Gasteiger partial charge is 0.449 e. The molecule has 4 aliphatic rings. The van der Waals surface area contributed by atoms with Gasteiger partial charge in [-0.1, -0.05) is 22.6 Å². The van der Waals surface area contributed by atoms with Crippen molar-refractivity contribution in [3.05, 3.63) is 11.6 Å². The fraction of sp³-hybridized carbons (Fsp3) is 0.800. The third-order valence-corrected chi connectivity index (χ3v) is 7.29. The molecular formula is C15H20INO4. The lowest BCUT2D eigenvalue weighted by atomic mass is 9.62. The number of carbonyl (C=O) groups excluding carboxylic acids is 1. The summed E-state index contributed by atoms with van der Waals surface area (Å²) in [6.45, 7) is 2.25. The molecule has 5 nitrogen and oxygen atoms in total. The van der Waals surface area contributed by atoms with Crippen molar-refractivity contribution in [2.45, 2.75) is 53.7 Å². The van der Waals surface area contributed by atoms with Gasteiger partial charge in [-0.2, -0.15) is 0 Å². The smallest absolute Gasteiger partial charge is 0.331 e. The summed E-state index contributed by atoms with van der Waals surface area (Å²) >= 11 is 2.46. The van der Waals surface area contributed by atoms with Crippen molar-refractivity contribution < 1.29 is 19.0 Å². The highest BCUT2D eigenvalue weighted by molar-refractivity contribution is 14.1. The van der Waals surface area contributed by atoms with Crippen LogP contribution in [0.3, 0.4) is 0 Å². The SMILES string of the molecule is COC(OC)C1CC[C@H]2N1[C@@H](C)C1[C@@H](I)C3=CC(=O)O[C@]312. The lowest BCUT2D eigenvalue weighted by Gasteiger charge is -2.49. The Kier molecular flexibility index (Phi) is 3.20. The molecule has 3 fully saturated rings. The molecule has 0 bridgehead atoms. The van der Waals surface area contributed by atoms with Gasteiger partial charge in [-0.3, -0.25) is 4.90 Å². The van der Waals surface area contributed by atoms with Gasteiger partial charge in [-0.05, 0) is 25.3 Å². The fourth-order valence-corrected chi connectivity index (χ4v) is 7.00. The van der Waals surface area contributed by atoms with E-state index in [9.17, 15) is 4.79 Å². The van der Waals surface area contributed by atoms with E-state index in [1.807, 2.05) is 0 Å². The highest BCUT2D eigenvalue weighted by Gasteiger charge is 2.76. The number of esters is 1. The number of hydrogen-bond acceptors (Lipinski definition) is 5. The van der Waals surface area contributed by atoms with Crippen LogP contribution in [-0.4, -0.2) is 59.0 Å². The predicted molar refractivity (Wildman–Crippen MR) is 84.1 cm³/mol. The number of methoxy groups -OCH3 is 2. The highest BCUT2D eigenvalue weighted by Crippen LogP contribution is 2.65. The molecule has 2 unspecified atom stereocenters. The first kappa shape index (κ1) is 14.4. The number of carbonyl (C=O) groups is 1. The van der Waals surface area contributed by atoms with Crippen molar-refractivity contribution >= 4 is 28.6 Å². The minimum Gasteiger partial charge on any atom is -0.449 e. The van der Waals surface area contributed by atoms with E-state index in [1.54, 1.807) is 20.3 Å². The summed E-state index contributed by atoms with van der Waals surface area (Å²) < 4.78 is 17.3. The summed E-state index contributed by atoms with van der Waals surface area (Å²) in [7, 11) is 3.38. The quantitative estimate of drug-likeness (QED) is 0.308. The number of rotatable bonds is 3. The number of ether oxygens (including phenoxy) is 3. The summed E-state index contributed by atoms with van der Waals surface area (Å²) in [6, 6.07) is 0.892. The molecule has 6 heteroatoms. The van der Waals surface area contributed by atoms with E-state index < -0.39 is 0 Å². The average Bonchev–Trinajstić information content (AvgIpc) is 3.06. The van der Waals surface area contributed by atoms with Crippen molar-refractivity contribution in [1.82, 2.24) is 4.90 Å². The third kappa shape index (κ3) is 1.55. The molecule has 21 heavy (non-hydrogen) atoms. The molecular weight excluding hydrogens is 385 g/mol. The Morgan fingerprint density at radius 1 is 1.43 bits per heavy atom. The minimum atomic E-state index is -0.358. The van der Waals surface area contributed by atoms with Gasteiger partial charge in [0.1, 0.15) is 0 Å². The Hall–Kier alpha value is -0.180. The highest BCUT2D eigenvalue weighted by atomic mass is 127. The summed E-state index contributed by atoms with van der Waals surface area (Å²) in [6.07, 6.45) is 3.56. The fourth-order valence-electron chi connectivity index (χ4n) is 5.20. The summed E-state index contributed by atoms with van der Waals surface area (Å²) in [5, 5.41) is 0. The summed E-state index contributed by atoms with van der Waals surface area (Å²) in [5.41, 5.74) is 0.841. The van der Waals surface area contributed by atoms with Gasteiger partial charge in [0, 0.05) is 36.2 Å². The molecule has 0 radical (unpaired) electrons. The van der Waals surface area contributed by atoms with Crippen molar-refractivity contribution in [2.75, 3.05) is 14.2 Å². The van der Waals surface area contributed by atoms with Gasteiger partial charge in [0.2, 0.25) is 0 Å². The van der Waals surface area contributed by atoms with Crippen molar-refractivity contribution in [1.29, 1.82) is 0 Å². The van der Waals surface area contributed by atoms with E-state index >= 15 is 0 Å². The van der Waals surface area contributed by atoms with Gasteiger partial charge < -0.3 is 14.2 Å². The molecule has 0 aromatic heterocycles. The maximum atomic E-state index is 11.8. The monoisotopic (exact) mass is 405 g/mol. The zero-order valence-corrected chi connectivity index (χ0v) is 14.6. The molecule has 0 N–H and O–H groups in total. The lowest BCUT2D eigenvalue weighted by molar-refractivity contribution is -0.156. The molecule has 4 rings (SSSR count). The van der Waals surface area contributed by atoms with E-state index in [0.717, 1.165) is 12.8 Å². The number of nitrogens with zero attached hydrogens (tertiary/aromatic N) is 1. The minimum absolute atomic E-state index is 0.165. The molecule has 6 atom stereocenters. The van der Waals surface area contributed by atoms with E-state index in [1.165, 1.54) is 5.57 Å². The second kappa shape index (κ2) is 4.66. The number of fused-ring (bicyclic) bond motifs is 1. The first-order valence-electron chi connectivity index (χ1n) is 7.48. The average molecular weight is 405 g/mol. The zero-order chi connectivity index (χ0) is 14.9. The van der Waals surface area contributed by atoms with Gasteiger partial charge in [0.15, 0.2) is 11.9 Å². The Balaban J connectivity index is 1.71. The molecule has 2 saturated heterocycles. The molecule has 0 amide bonds. The molecule has 3 aliphatic heterocycles. The first-order valence-corrected chi connectivity index (χ1v) is 8.73. The van der Waals surface area contributed by atoms with Gasteiger partial charge >= 0.3 is 5.97 Å². The number of hydrogen-bond donors (Lipinski definition) is 0. The molecule has 3 heterocycles. The standard InChI is InChI=1S/C15H20INO4/c1-7-12-13(16)8-6-11(18)21-15(8,12)10-5-4-9(17(7)10)14(19-2)20-3/h6-7,9-10,12-14H,4-5H2,1-3H3/t7-,9?,10+,12?,13-,15-/m0/s1. The normalized spacial score (nSPS) is 47.8. The van der Waals surface area contributed by atoms with Gasteiger partial charge in [-0.25, -0.2) is 4.79 Å². The van der Waals surface area contributed by atoms with Crippen LogP contribution in [0.2, 0.25) is 0 Å². The lowest BCUT2D eigenvalue weighted by Crippen LogP contribution is -2.60. The Morgan fingerprint density at radius 3 is 2.81 bits per heavy atom. The zero-order valence-electron chi connectivity index (χ0n) is 12.4. The van der Waals surface area contributed by atoms with Crippen LogP contribution in [-0.2, 0) is 19.0 Å². The second-order valence-electron chi connectivity index (χ2n) is 6.43. The molecule has 0 aromatic carbocycles. The van der Waals surface area contributed by atoms with E-state index in [2.05, 4.69) is 34.4 Å². The molecule has 0 aromatic rings. The van der Waals surface area contributed by atoms with E-state index in [4.69, 9.17) is 14.2 Å². The number of halogens is 1. The predicted octanol–water partition coefficient (Wildman–Crippen LogP) is 1.50. The van der Waals surface area contributed by atoms with Crippen molar-refractivity contribution in [2.24, 2.45) is 5.92 Å². The molecule has 1 aliphatic carbocycles. The second-order valence-corrected chi connectivity index (χ2v) is 7.77. The summed E-state index contributed by atoms with van der Waals surface area (Å²) in [4.78, 5) is 14.3. The third-order valence-electron chi connectivity index (χ3n) is 5.84. The maximum absolute atomic E-state index is 11.8. The topological polar surface area (TPSA) is 48.0 Å². The van der Waals surface area contributed by atoms with E-state index in [0.29, 0.717) is 15.9 Å². The Bertz CT molecular complexity index is 520. The van der Waals surface area contributed by atoms with Crippen LogP contribution in [0.1, 0.15) is 19.8 Å². The maximum Gasteiger partial charge on any atom is 0.331 e. The molecule has 1 spiro atoms. The van der Waals surface area contributed by atoms with Crippen LogP contribution in [0.5, 0.6) is 0 Å². The van der Waals surface area contributed by atoms with Crippen LogP contribution >= 0.6 is 22.6 Å². The van der Waals surface area contributed by atoms with Gasteiger partial charge in [-0.15, -0.1) is 0 Å². The molecule has 1 saturated carbocycles. The van der Waals surface area contributed by atoms with Gasteiger partial charge in [0.05, 0.1) is 12.1 Å². The van der Waals surface area contributed by atoms with Crippen LogP contribution in [0.25, 0.3) is 0 Å². The Morgan fingerprint density at radius 2 is 2.14 bits per heavy atom. The van der Waals surface area contributed by atoms with Gasteiger partial charge in [0.25, 0.3) is 0 Å². The molecule has 116 valence electrons. The van der Waals surface area contributed by atoms with Crippen LogP contribution in [0, 0.1) is 5.92 Å². The van der Waals surface area contributed by atoms with Crippen LogP contribution in [0.15, 0.2) is 11.6 Å². The number of alkyl halides is 1. The van der Waals surface area contributed by atoms with Crippen molar-refractivity contribution in [3.63, 3.8) is 0 Å². The van der Waals surface area contributed by atoms with Crippen LogP contribution < -0.4 is 0 Å². The Labute approximate surface area is 138 Å². The summed E-state index contributed by atoms with van der Waals surface area (Å²) in [5.74, 6) is 0.222. The van der Waals surface area contributed by atoms with E-state index in [-0.39, 0.29) is 29.9 Å².